The number of alkyl halides is 2. The fourth-order valence-corrected chi connectivity index (χ4v) is 4.75. The van der Waals surface area contributed by atoms with Crippen molar-refractivity contribution in [1.29, 1.82) is 0 Å². The van der Waals surface area contributed by atoms with Gasteiger partial charge in [0.25, 0.3) is 0 Å². The summed E-state index contributed by atoms with van der Waals surface area (Å²) >= 11 is 0. The first-order valence-corrected chi connectivity index (χ1v) is 9.84. The summed E-state index contributed by atoms with van der Waals surface area (Å²) in [6.07, 6.45) is 0.330. The van der Waals surface area contributed by atoms with Crippen LogP contribution in [0.2, 0.25) is 0 Å². The summed E-state index contributed by atoms with van der Waals surface area (Å²) in [6, 6.07) is 2.28. The molecular formula is C13H17F2NO6S2. The Hall–Kier alpha value is -1.59. The van der Waals surface area contributed by atoms with Gasteiger partial charge in [-0.05, 0) is 18.1 Å². The average molecular weight is 385 g/mol. The molecule has 0 saturated heterocycles. The van der Waals surface area contributed by atoms with Crippen molar-refractivity contribution in [2.45, 2.75) is 41.9 Å². The largest absolute Gasteiger partial charge is 0.480 e. The van der Waals surface area contributed by atoms with Gasteiger partial charge in [-0.15, -0.1) is 0 Å². The molecule has 1 rings (SSSR count). The van der Waals surface area contributed by atoms with Gasteiger partial charge in [0.1, 0.15) is 10.9 Å². The summed E-state index contributed by atoms with van der Waals surface area (Å²) in [7, 11) is -9.82. The Kier molecular flexibility index (Phi) is 6.42. The molecule has 0 bridgehead atoms. The van der Waals surface area contributed by atoms with Crippen molar-refractivity contribution in [3.63, 3.8) is 0 Å². The first-order valence-electron chi connectivity index (χ1n) is 6.81. The molecule has 1 aromatic carbocycles. The monoisotopic (exact) mass is 385 g/mol. The smallest absolute Gasteiger partial charge is 0.341 e. The predicted molar refractivity (Wildman–Crippen MR) is 80.8 cm³/mol. The van der Waals surface area contributed by atoms with Crippen molar-refractivity contribution in [1.82, 2.24) is 4.72 Å². The van der Waals surface area contributed by atoms with Gasteiger partial charge in [-0.2, -0.15) is 13.5 Å². The first kappa shape index (κ1) is 20.5. The second kappa shape index (κ2) is 7.53. The van der Waals surface area contributed by atoms with Crippen LogP contribution in [0.15, 0.2) is 34.1 Å². The minimum absolute atomic E-state index is 0.330. The summed E-state index contributed by atoms with van der Waals surface area (Å²) in [5, 5.41) is 9.14. The van der Waals surface area contributed by atoms with Crippen molar-refractivity contribution in [3.8, 4) is 0 Å². The van der Waals surface area contributed by atoms with Crippen LogP contribution < -0.4 is 4.72 Å². The Morgan fingerprint density at radius 1 is 1.17 bits per heavy atom. The lowest BCUT2D eigenvalue weighted by molar-refractivity contribution is -0.140. The Morgan fingerprint density at radius 3 is 2.08 bits per heavy atom. The third-order valence-corrected chi connectivity index (χ3v) is 6.51. The van der Waals surface area contributed by atoms with E-state index in [0.29, 0.717) is 6.42 Å². The van der Waals surface area contributed by atoms with E-state index in [1.54, 1.807) is 6.92 Å². The van der Waals surface area contributed by atoms with Gasteiger partial charge in [0, 0.05) is 0 Å². The number of nitrogens with one attached hydrogen (secondary N) is 1. The Morgan fingerprint density at radius 2 is 1.67 bits per heavy atom. The number of carbonyl (C=O) groups is 1. The van der Waals surface area contributed by atoms with E-state index in [1.807, 2.05) is 4.72 Å². The van der Waals surface area contributed by atoms with Crippen molar-refractivity contribution < 1.29 is 35.5 Å². The number of halogens is 2. The molecule has 11 heteroatoms. The van der Waals surface area contributed by atoms with E-state index < -0.39 is 53.3 Å². The van der Waals surface area contributed by atoms with Gasteiger partial charge in [0.05, 0.1) is 4.90 Å². The Balaban J connectivity index is 3.43. The van der Waals surface area contributed by atoms with Crippen LogP contribution >= 0.6 is 0 Å². The first-order chi connectivity index (χ1) is 10.9. The number of hydrogen-bond acceptors (Lipinski definition) is 5. The highest BCUT2D eigenvalue weighted by atomic mass is 32.2. The van der Waals surface area contributed by atoms with Crippen molar-refractivity contribution in [3.05, 3.63) is 24.3 Å². The SMILES string of the molecule is CC[C@H](C)[C@H](NS(=O)(=O)c1ccccc1S(=O)(=O)C(F)F)C(=O)O. The van der Waals surface area contributed by atoms with Crippen LogP contribution in [-0.4, -0.2) is 39.7 Å². The minimum atomic E-state index is -5.17. The molecule has 0 radical (unpaired) electrons. The van der Waals surface area contributed by atoms with Crippen LogP contribution in [0.4, 0.5) is 8.78 Å². The van der Waals surface area contributed by atoms with Crippen molar-refractivity contribution in [2.75, 3.05) is 0 Å². The Labute approximate surface area is 138 Å². The number of benzene rings is 1. The van der Waals surface area contributed by atoms with Crippen LogP contribution in [0.25, 0.3) is 0 Å². The van der Waals surface area contributed by atoms with E-state index in [-0.39, 0.29) is 0 Å². The fourth-order valence-electron chi connectivity index (χ4n) is 1.88. The van der Waals surface area contributed by atoms with E-state index in [0.717, 1.165) is 24.3 Å². The lowest BCUT2D eigenvalue weighted by Crippen LogP contribution is -2.45. The summed E-state index contributed by atoms with van der Waals surface area (Å²) in [5.41, 5.74) is 0. The summed E-state index contributed by atoms with van der Waals surface area (Å²) < 4.78 is 75.4. The van der Waals surface area contributed by atoms with E-state index in [9.17, 15) is 30.4 Å². The third-order valence-electron chi connectivity index (χ3n) is 3.44. The van der Waals surface area contributed by atoms with Gasteiger partial charge in [-0.25, -0.2) is 16.8 Å². The van der Waals surface area contributed by atoms with Gasteiger partial charge in [-0.1, -0.05) is 32.4 Å². The zero-order valence-corrected chi connectivity index (χ0v) is 14.4. The highest BCUT2D eigenvalue weighted by Gasteiger charge is 2.35. The lowest BCUT2D eigenvalue weighted by Gasteiger charge is -2.21. The van der Waals surface area contributed by atoms with E-state index in [2.05, 4.69) is 0 Å². The highest BCUT2D eigenvalue weighted by Crippen LogP contribution is 2.26. The van der Waals surface area contributed by atoms with Gasteiger partial charge in [0.15, 0.2) is 0 Å². The highest BCUT2D eigenvalue weighted by molar-refractivity contribution is 7.94. The van der Waals surface area contributed by atoms with Gasteiger partial charge in [0.2, 0.25) is 19.9 Å². The molecule has 0 fully saturated rings. The maximum absolute atomic E-state index is 12.7. The molecule has 1 aromatic rings. The summed E-state index contributed by atoms with van der Waals surface area (Å²) in [6.45, 7) is 3.13. The molecule has 0 amide bonds. The summed E-state index contributed by atoms with van der Waals surface area (Å²) in [5.74, 6) is -5.86. The molecule has 24 heavy (non-hydrogen) atoms. The molecule has 0 spiro atoms. The van der Waals surface area contributed by atoms with Crippen LogP contribution in [0.1, 0.15) is 20.3 Å². The second-order valence-electron chi connectivity index (χ2n) is 5.08. The van der Waals surface area contributed by atoms with E-state index in [1.165, 1.54) is 6.92 Å². The molecule has 0 saturated carbocycles. The van der Waals surface area contributed by atoms with Crippen LogP contribution in [0.3, 0.4) is 0 Å². The molecule has 0 aliphatic heterocycles. The number of sulfonamides is 1. The molecule has 136 valence electrons. The van der Waals surface area contributed by atoms with E-state index >= 15 is 0 Å². The molecular weight excluding hydrogens is 368 g/mol. The fraction of sp³-hybridized carbons (Fsp3) is 0.462. The molecule has 7 nitrogen and oxygen atoms in total. The van der Waals surface area contributed by atoms with Crippen LogP contribution in [0.5, 0.6) is 0 Å². The van der Waals surface area contributed by atoms with Gasteiger partial charge in [-0.3, -0.25) is 4.79 Å². The van der Waals surface area contributed by atoms with Crippen molar-refractivity contribution >= 4 is 25.8 Å². The molecule has 0 aromatic heterocycles. The number of carboxylic acids is 1. The maximum atomic E-state index is 12.7. The zero-order valence-electron chi connectivity index (χ0n) is 12.8. The number of rotatable bonds is 8. The number of hydrogen-bond donors (Lipinski definition) is 2. The molecule has 0 unspecified atom stereocenters. The van der Waals surface area contributed by atoms with Crippen LogP contribution in [-0.2, 0) is 24.7 Å². The van der Waals surface area contributed by atoms with Crippen molar-refractivity contribution in [2.24, 2.45) is 5.92 Å². The molecule has 0 heterocycles. The zero-order chi connectivity index (χ0) is 18.7. The number of carboxylic acid groups (broad SMARTS) is 1. The molecule has 0 aliphatic carbocycles. The third kappa shape index (κ3) is 4.28. The van der Waals surface area contributed by atoms with Crippen LogP contribution in [0, 0.1) is 5.92 Å². The number of sulfone groups is 1. The predicted octanol–water partition coefficient (Wildman–Crippen LogP) is 1.46. The molecule has 2 N–H and O–H groups in total. The quantitative estimate of drug-likeness (QED) is 0.700. The minimum Gasteiger partial charge on any atom is -0.480 e. The number of aliphatic carboxylic acids is 1. The average Bonchev–Trinajstić information content (AvgIpc) is 2.51. The molecule has 2 atom stereocenters. The maximum Gasteiger partial charge on any atom is 0.341 e. The summed E-state index contributed by atoms with van der Waals surface area (Å²) in [4.78, 5) is 9.23. The lowest BCUT2D eigenvalue weighted by atomic mass is 10.0. The second-order valence-corrected chi connectivity index (χ2v) is 8.64. The van der Waals surface area contributed by atoms with E-state index in [4.69, 9.17) is 5.11 Å². The van der Waals surface area contributed by atoms with Gasteiger partial charge < -0.3 is 5.11 Å². The Bertz CT molecular complexity index is 808. The van der Waals surface area contributed by atoms with Gasteiger partial charge >= 0.3 is 11.7 Å². The molecule has 0 aliphatic rings. The standard InChI is InChI=1S/C13H17F2NO6S2/c1-3-8(2)11(12(17)18)16-24(21,22)10-7-5-4-6-9(10)23(19,20)13(14)15/h4-8,11,13,16H,3H2,1-2H3,(H,17,18)/t8-,11-/m0/s1. The topological polar surface area (TPSA) is 118 Å². The normalized spacial score (nSPS) is 15.2.